The molecule has 0 saturated carbocycles. The van der Waals surface area contributed by atoms with Crippen molar-refractivity contribution < 1.29 is 0 Å². The molecule has 0 N–H and O–H groups in total. The highest BCUT2D eigenvalue weighted by atomic mass is 15.1. The highest BCUT2D eigenvalue weighted by molar-refractivity contribution is 6.25. The summed E-state index contributed by atoms with van der Waals surface area (Å²) in [5.74, 6) is 0.931. The lowest BCUT2D eigenvalue weighted by Gasteiger charge is -2.19. The van der Waals surface area contributed by atoms with E-state index in [9.17, 15) is 0 Å². The van der Waals surface area contributed by atoms with Crippen molar-refractivity contribution in [3.8, 4) is 39.3 Å². The Morgan fingerprint density at radius 3 is 1.45 bits per heavy atom. The average molecular weight is 673 g/mol. The number of benzene rings is 10. The van der Waals surface area contributed by atoms with Crippen LogP contribution in [-0.4, -0.2) is 9.55 Å². The summed E-state index contributed by atoms with van der Waals surface area (Å²) in [7, 11) is 0. The van der Waals surface area contributed by atoms with Crippen molar-refractivity contribution in [2.45, 2.75) is 0 Å². The fourth-order valence-electron chi connectivity index (χ4n) is 8.69. The first kappa shape index (κ1) is 29.7. The quantitative estimate of drug-likeness (QED) is 0.134. The Bertz CT molecular complexity index is 3150. The number of aromatic nitrogens is 2. The van der Waals surface area contributed by atoms with E-state index in [2.05, 4.69) is 199 Å². The summed E-state index contributed by atoms with van der Waals surface area (Å²) in [5, 5.41) is 12.3. The van der Waals surface area contributed by atoms with Gasteiger partial charge in [0.05, 0.1) is 11.0 Å². The first-order valence-corrected chi connectivity index (χ1v) is 18.2. The first-order chi connectivity index (χ1) is 26.3. The molecule has 10 aromatic carbocycles. The molecule has 11 aromatic rings. The first-order valence-electron chi connectivity index (χ1n) is 18.2. The van der Waals surface area contributed by atoms with Crippen LogP contribution in [0.3, 0.4) is 0 Å². The predicted molar refractivity (Wildman–Crippen MR) is 225 cm³/mol. The zero-order valence-electron chi connectivity index (χ0n) is 28.9. The molecule has 1 aromatic heterocycles. The maximum Gasteiger partial charge on any atom is 0.145 e. The minimum absolute atomic E-state index is 0.931. The van der Waals surface area contributed by atoms with E-state index in [1.54, 1.807) is 0 Å². The largest absolute Gasteiger partial charge is 0.292 e. The van der Waals surface area contributed by atoms with Gasteiger partial charge in [0.15, 0.2) is 0 Å². The summed E-state index contributed by atoms with van der Waals surface area (Å²) < 4.78 is 2.35. The maximum atomic E-state index is 5.47. The molecule has 0 spiro atoms. The zero-order valence-corrected chi connectivity index (χ0v) is 28.9. The molecule has 0 amide bonds. The monoisotopic (exact) mass is 672 g/mol. The minimum Gasteiger partial charge on any atom is -0.292 e. The average Bonchev–Trinajstić information content (AvgIpc) is 3.64. The SMILES string of the molecule is c1ccc(-n2c(-c3ccc(-c4c5ccccc5c(-c5cccc6ccccc56)c5ccccc45)cc3)nc3c4ccccc4c4ccccc4c32)cc1. The van der Waals surface area contributed by atoms with E-state index in [1.807, 2.05) is 0 Å². The third kappa shape index (κ3) is 4.49. The molecule has 2 heteroatoms. The molecule has 0 radical (unpaired) electrons. The van der Waals surface area contributed by atoms with E-state index < -0.39 is 0 Å². The normalized spacial score (nSPS) is 11.8. The van der Waals surface area contributed by atoms with Gasteiger partial charge in [0.1, 0.15) is 5.82 Å². The van der Waals surface area contributed by atoms with Crippen LogP contribution >= 0.6 is 0 Å². The standard InChI is InChI=1S/C51H32N2/c1-2-17-36(18-3-1)53-50-46-27-13-7-21-39(46)38-20-6-12-26-45(38)49(50)52-51(53)35-31-29-34(30-32-35)47-41-22-8-10-24-43(41)48(44-25-11-9-23-42(44)47)40-28-14-16-33-15-4-5-19-37(33)40/h1-32H. The Balaban J connectivity index is 1.16. The number of para-hydroxylation sites is 1. The Labute approximate surface area is 306 Å². The number of rotatable bonds is 4. The molecule has 0 atom stereocenters. The van der Waals surface area contributed by atoms with Crippen LogP contribution in [0, 0.1) is 0 Å². The van der Waals surface area contributed by atoms with Crippen molar-refractivity contribution in [3.63, 3.8) is 0 Å². The van der Waals surface area contributed by atoms with Crippen molar-refractivity contribution in [1.82, 2.24) is 9.55 Å². The number of hydrogen-bond donors (Lipinski definition) is 0. The van der Waals surface area contributed by atoms with Crippen LogP contribution < -0.4 is 0 Å². The van der Waals surface area contributed by atoms with E-state index in [4.69, 9.17) is 4.98 Å². The van der Waals surface area contributed by atoms with Crippen molar-refractivity contribution in [1.29, 1.82) is 0 Å². The van der Waals surface area contributed by atoms with Gasteiger partial charge in [-0.25, -0.2) is 4.98 Å². The van der Waals surface area contributed by atoms with E-state index in [1.165, 1.54) is 70.7 Å². The van der Waals surface area contributed by atoms with Crippen molar-refractivity contribution in [2.24, 2.45) is 0 Å². The van der Waals surface area contributed by atoms with Gasteiger partial charge in [0, 0.05) is 22.0 Å². The molecule has 0 aliphatic carbocycles. The fraction of sp³-hybridized carbons (Fsp3) is 0. The lowest BCUT2D eigenvalue weighted by atomic mass is 9.84. The summed E-state index contributed by atoms with van der Waals surface area (Å²) in [5.41, 5.74) is 9.29. The Kier molecular flexibility index (Phi) is 6.59. The third-order valence-corrected chi connectivity index (χ3v) is 11.0. The molecule has 1 heterocycles. The number of imidazole rings is 1. The minimum atomic E-state index is 0.931. The van der Waals surface area contributed by atoms with Crippen molar-refractivity contribution in [2.75, 3.05) is 0 Å². The fourth-order valence-corrected chi connectivity index (χ4v) is 8.69. The van der Waals surface area contributed by atoms with Gasteiger partial charge in [-0.2, -0.15) is 0 Å². The lowest BCUT2D eigenvalue weighted by molar-refractivity contribution is 1.11. The zero-order chi connectivity index (χ0) is 34.9. The van der Waals surface area contributed by atoms with Crippen LogP contribution in [0.2, 0.25) is 0 Å². The number of nitrogens with zero attached hydrogens (tertiary/aromatic N) is 2. The molecular weight excluding hydrogens is 641 g/mol. The van der Waals surface area contributed by atoms with Crippen LogP contribution in [-0.2, 0) is 0 Å². The molecule has 0 unspecified atom stereocenters. The van der Waals surface area contributed by atoms with Crippen LogP contribution in [0.25, 0.3) is 104 Å². The third-order valence-electron chi connectivity index (χ3n) is 11.0. The number of hydrogen-bond acceptors (Lipinski definition) is 1. The highest BCUT2D eigenvalue weighted by Crippen LogP contribution is 2.46. The summed E-state index contributed by atoms with van der Waals surface area (Å²) >= 11 is 0. The highest BCUT2D eigenvalue weighted by Gasteiger charge is 2.21. The van der Waals surface area contributed by atoms with Crippen LogP contribution in [0.4, 0.5) is 0 Å². The van der Waals surface area contributed by atoms with Gasteiger partial charge in [-0.15, -0.1) is 0 Å². The molecule has 0 aliphatic rings. The second-order valence-electron chi connectivity index (χ2n) is 13.8. The van der Waals surface area contributed by atoms with E-state index in [-0.39, 0.29) is 0 Å². The van der Waals surface area contributed by atoms with Crippen LogP contribution in [0.5, 0.6) is 0 Å². The topological polar surface area (TPSA) is 17.8 Å². The van der Waals surface area contributed by atoms with Gasteiger partial charge in [0.25, 0.3) is 0 Å². The van der Waals surface area contributed by atoms with Crippen LogP contribution in [0.15, 0.2) is 194 Å². The van der Waals surface area contributed by atoms with E-state index in [0.29, 0.717) is 0 Å². The van der Waals surface area contributed by atoms with Crippen molar-refractivity contribution in [3.05, 3.63) is 194 Å². The van der Waals surface area contributed by atoms with Gasteiger partial charge in [-0.1, -0.05) is 182 Å². The Hall–Kier alpha value is -7.03. The molecule has 53 heavy (non-hydrogen) atoms. The molecule has 0 saturated heterocycles. The predicted octanol–water partition coefficient (Wildman–Crippen LogP) is 13.8. The lowest BCUT2D eigenvalue weighted by Crippen LogP contribution is -1.98. The molecule has 2 nitrogen and oxygen atoms in total. The smallest absolute Gasteiger partial charge is 0.145 e. The van der Waals surface area contributed by atoms with Gasteiger partial charge in [-0.3, -0.25) is 4.57 Å². The molecule has 11 rings (SSSR count). The molecule has 0 aliphatic heterocycles. The summed E-state index contributed by atoms with van der Waals surface area (Å²) in [6.07, 6.45) is 0. The van der Waals surface area contributed by atoms with E-state index in [0.717, 1.165) is 33.5 Å². The van der Waals surface area contributed by atoms with Crippen molar-refractivity contribution >= 4 is 64.9 Å². The maximum absolute atomic E-state index is 5.47. The van der Waals surface area contributed by atoms with Gasteiger partial charge in [-0.05, 0) is 77.5 Å². The Morgan fingerprint density at radius 2 is 0.792 bits per heavy atom. The van der Waals surface area contributed by atoms with Gasteiger partial charge < -0.3 is 0 Å². The van der Waals surface area contributed by atoms with Gasteiger partial charge in [0.2, 0.25) is 0 Å². The van der Waals surface area contributed by atoms with E-state index >= 15 is 0 Å². The second kappa shape index (κ2) is 11.8. The molecule has 0 bridgehead atoms. The molecule has 246 valence electrons. The van der Waals surface area contributed by atoms with Crippen LogP contribution in [0.1, 0.15) is 0 Å². The Morgan fingerprint density at radius 1 is 0.321 bits per heavy atom. The summed E-state index contributed by atoms with van der Waals surface area (Å²) in [6, 6.07) is 70.3. The van der Waals surface area contributed by atoms with Gasteiger partial charge >= 0.3 is 0 Å². The molecular formula is C51H32N2. The number of fused-ring (bicyclic) bond motifs is 9. The second-order valence-corrected chi connectivity index (χ2v) is 13.8. The molecule has 0 fully saturated rings. The summed E-state index contributed by atoms with van der Waals surface area (Å²) in [4.78, 5) is 5.47. The summed E-state index contributed by atoms with van der Waals surface area (Å²) in [6.45, 7) is 0.